The fourth-order valence-corrected chi connectivity index (χ4v) is 4.32. The van der Waals surface area contributed by atoms with Gasteiger partial charge < -0.3 is 5.32 Å². The highest BCUT2D eigenvalue weighted by Gasteiger charge is 2.21. The molecule has 2 aromatic carbocycles. The minimum Gasteiger partial charge on any atom is -0.326 e. The number of rotatable bonds is 5. The molecule has 2 amide bonds. The Labute approximate surface area is 185 Å². The minimum absolute atomic E-state index is 0.167. The van der Waals surface area contributed by atoms with Crippen molar-refractivity contribution < 1.29 is 14.0 Å². The first-order valence-corrected chi connectivity index (χ1v) is 10.5. The van der Waals surface area contributed by atoms with E-state index >= 15 is 0 Å². The Morgan fingerprint density at radius 3 is 2.61 bits per heavy atom. The lowest BCUT2D eigenvalue weighted by Gasteiger charge is -2.04. The normalized spacial score (nSPS) is 11.0. The number of carbonyl (C=O) groups is 2. The Morgan fingerprint density at radius 1 is 1.16 bits per heavy atom. The summed E-state index contributed by atoms with van der Waals surface area (Å²) in [6, 6.07) is 11.3. The maximum absolute atomic E-state index is 13.1. The number of benzene rings is 2. The predicted octanol–water partition coefficient (Wildman–Crippen LogP) is 4.85. The van der Waals surface area contributed by atoms with Crippen LogP contribution in [0.3, 0.4) is 0 Å². The summed E-state index contributed by atoms with van der Waals surface area (Å²) in [7, 11) is 0. The first-order chi connectivity index (χ1) is 14.8. The van der Waals surface area contributed by atoms with E-state index in [1.54, 1.807) is 37.3 Å². The maximum atomic E-state index is 13.1. The third-order valence-corrected chi connectivity index (χ3v) is 5.79. The summed E-state index contributed by atoms with van der Waals surface area (Å²) in [6.07, 6.45) is 0. The zero-order valence-electron chi connectivity index (χ0n) is 16.6. The topological polar surface area (TPSA) is 88.9 Å². The molecule has 4 rings (SSSR count). The van der Waals surface area contributed by atoms with Gasteiger partial charge in [0.15, 0.2) is 5.13 Å². The molecule has 0 saturated carbocycles. The lowest BCUT2D eigenvalue weighted by molar-refractivity contribution is -0.114. The largest absolute Gasteiger partial charge is 0.326 e. The van der Waals surface area contributed by atoms with Crippen molar-refractivity contribution >= 4 is 55.8 Å². The highest BCUT2D eigenvalue weighted by molar-refractivity contribution is 7.22. The minimum atomic E-state index is -0.422. The first-order valence-electron chi connectivity index (χ1n) is 9.27. The molecule has 0 radical (unpaired) electrons. The Balaban J connectivity index is 1.55. The molecular formula is C21H17ClFN5O2S. The molecule has 0 aliphatic carbocycles. The number of amides is 2. The number of aromatic nitrogens is 3. The van der Waals surface area contributed by atoms with E-state index in [0.29, 0.717) is 28.6 Å². The Bertz CT molecular complexity index is 1300. The van der Waals surface area contributed by atoms with E-state index in [1.165, 1.54) is 35.1 Å². The summed E-state index contributed by atoms with van der Waals surface area (Å²) in [5.74, 6) is -0.916. The molecule has 2 heterocycles. The smallest absolute Gasteiger partial charge is 0.262 e. The lowest BCUT2D eigenvalue weighted by Crippen LogP contribution is -2.13. The monoisotopic (exact) mass is 457 g/mol. The van der Waals surface area contributed by atoms with Gasteiger partial charge in [0.25, 0.3) is 5.91 Å². The molecule has 2 aromatic heterocycles. The van der Waals surface area contributed by atoms with Crippen LogP contribution in [0.5, 0.6) is 0 Å². The molecule has 7 nitrogen and oxygen atoms in total. The maximum Gasteiger partial charge on any atom is 0.262 e. The quantitative estimate of drug-likeness (QED) is 0.448. The fourth-order valence-electron chi connectivity index (χ4n) is 3.10. The van der Waals surface area contributed by atoms with Gasteiger partial charge in [0.1, 0.15) is 11.0 Å². The van der Waals surface area contributed by atoms with Crippen molar-refractivity contribution in [3.8, 4) is 0 Å². The number of carbonyl (C=O) groups excluding carboxylic acids is 2. The van der Waals surface area contributed by atoms with Gasteiger partial charge in [0, 0.05) is 12.6 Å². The van der Waals surface area contributed by atoms with E-state index in [1.807, 2.05) is 0 Å². The second-order valence-electron chi connectivity index (χ2n) is 6.87. The van der Waals surface area contributed by atoms with E-state index in [0.717, 1.165) is 10.3 Å². The standard InChI is InChI=1S/C21H17ClFN5O2S/c1-11-18(19(22)28(27-11)10-13-3-5-14(23)6-4-13)20(30)26-21-25-16-8-7-15(24-12(2)29)9-17(16)31-21/h3-9H,10H2,1-2H3,(H,24,29)(H,25,26,30). The Hall–Kier alpha value is -3.30. The van der Waals surface area contributed by atoms with E-state index in [-0.39, 0.29) is 22.4 Å². The van der Waals surface area contributed by atoms with Crippen LogP contribution in [0.25, 0.3) is 10.2 Å². The zero-order valence-corrected chi connectivity index (χ0v) is 18.1. The summed E-state index contributed by atoms with van der Waals surface area (Å²) in [4.78, 5) is 28.5. The van der Waals surface area contributed by atoms with Crippen LogP contribution >= 0.6 is 22.9 Å². The fraction of sp³-hybridized carbons (Fsp3) is 0.143. The lowest BCUT2D eigenvalue weighted by atomic mass is 10.2. The van der Waals surface area contributed by atoms with Crippen molar-refractivity contribution in [1.29, 1.82) is 0 Å². The van der Waals surface area contributed by atoms with E-state index in [2.05, 4.69) is 20.7 Å². The number of fused-ring (bicyclic) bond motifs is 1. The van der Waals surface area contributed by atoms with Crippen molar-refractivity contribution in [1.82, 2.24) is 14.8 Å². The van der Waals surface area contributed by atoms with Gasteiger partial charge in [-0.25, -0.2) is 14.1 Å². The molecule has 158 valence electrons. The third-order valence-electron chi connectivity index (χ3n) is 4.47. The van der Waals surface area contributed by atoms with Crippen molar-refractivity contribution in [2.75, 3.05) is 10.6 Å². The molecule has 0 unspecified atom stereocenters. The van der Waals surface area contributed by atoms with Crippen molar-refractivity contribution in [2.24, 2.45) is 0 Å². The van der Waals surface area contributed by atoms with Crippen molar-refractivity contribution in [3.63, 3.8) is 0 Å². The van der Waals surface area contributed by atoms with Crippen LogP contribution in [0.2, 0.25) is 5.15 Å². The summed E-state index contributed by atoms with van der Waals surface area (Å²) in [5.41, 5.74) is 2.88. The summed E-state index contributed by atoms with van der Waals surface area (Å²) in [6.45, 7) is 3.44. The molecule has 0 aliphatic rings. The van der Waals surface area contributed by atoms with Crippen LogP contribution in [0.1, 0.15) is 28.5 Å². The van der Waals surface area contributed by atoms with Gasteiger partial charge >= 0.3 is 0 Å². The van der Waals surface area contributed by atoms with Crippen molar-refractivity contribution in [3.05, 3.63) is 70.3 Å². The van der Waals surface area contributed by atoms with Crippen LogP contribution < -0.4 is 10.6 Å². The number of anilines is 2. The van der Waals surface area contributed by atoms with Crippen LogP contribution in [0.4, 0.5) is 15.2 Å². The first kappa shape index (κ1) is 21.0. The molecule has 0 aliphatic heterocycles. The number of thiazole rings is 1. The summed E-state index contributed by atoms with van der Waals surface area (Å²) < 4.78 is 15.4. The summed E-state index contributed by atoms with van der Waals surface area (Å²) in [5, 5.41) is 10.4. The van der Waals surface area contributed by atoms with E-state index < -0.39 is 5.91 Å². The molecule has 4 aromatic rings. The number of nitrogens with zero attached hydrogens (tertiary/aromatic N) is 3. The molecule has 0 saturated heterocycles. The van der Waals surface area contributed by atoms with E-state index in [9.17, 15) is 14.0 Å². The predicted molar refractivity (Wildman–Crippen MR) is 119 cm³/mol. The average molecular weight is 458 g/mol. The second kappa shape index (κ2) is 8.44. The summed E-state index contributed by atoms with van der Waals surface area (Å²) >= 11 is 7.71. The molecule has 0 fully saturated rings. The highest BCUT2D eigenvalue weighted by atomic mass is 35.5. The average Bonchev–Trinajstić information content (AvgIpc) is 3.22. The van der Waals surface area contributed by atoms with Crippen molar-refractivity contribution in [2.45, 2.75) is 20.4 Å². The Kier molecular flexibility index (Phi) is 5.71. The molecule has 31 heavy (non-hydrogen) atoms. The Morgan fingerprint density at radius 2 is 1.90 bits per heavy atom. The van der Waals surface area contributed by atoms with Gasteiger partial charge in [0.2, 0.25) is 5.91 Å². The molecule has 0 atom stereocenters. The molecule has 0 bridgehead atoms. The van der Waals surface area contributed by atoms with E-state index in [4.69, 9.17) is 11.6 Å². The van der Waals surface area contributed by atoms with Gasteiger partial charge in [-0.05, 0) is 42.8 Å². The molecular weight excluding hydrogens is 441 g/mol. The van der Waals surface area contributed by atoms with Gasteiger partial charge in [-0.15, -0.1) is 0 Å². The molecule has 10 heteroatoms. The third kappa shape index (κ3) is 4.57. The number of hydrogen-bond acceptors (Lipinski definition) is 5. The second-order valence-corrected chi connectivity index (χ2v) is 8.26. The number of halogens is 2. The number of aryl methyl sites for hydroxylation is 1. The van der Waals surface area contributed by atoms with Gasteiger partial charge in [-0.2, -0.15) is 5.10 Å². The SMILES string of the molecule is CC(=O)Nc1ccc2nc(NC(=O)c3c(C)nn(Cc4ccc(F)cc4)c3Cl)sc2c1. The molecule has 0 spiro atoms. The number of nitrogens with one attached hydrogen (secondary N) is 2. The van der Waals surface area contributed by atoms with Crippen LogP contribution in [0.15, 0.2) is 42.5 Å². The van der Waals surface area contributed by atoms with Crippen LogP contribution in [-0.2, 0) is 11.3 Å². The zero-order chi connectivity index (χ0) is 22.1. The van der Waals surface area contributed by atoms with Crippen LogP contribution in [0, 0.1) is 12.7 Å². The number of hydrogen-bond donors (Lipinski definition) is 2. The van der Waals surface area contributed by atoms with Gasteiger partial charge in [-0.3, -0.25) is 14.9 Å². The molecule has 2 N–H and O–H groups in total. The van der Waals surface area contributed by atoms with Gasteiger partial charge in [-0.1, -0.05) is 35.1 Å². The van der Waals surface area contributed by atoms with Gasteiger partial charge in [0.05, 0.1) is 28.0 Å². The van der Waals surface area contributed by atoms with Crippen LogP contribution in [-0.4, -0.2) is 26.6 Å². The highest BCUT2D eigenvalue weighted by Crippen LogP contribution is 2.30.